The second-order valence-corrected chi connectivity index (χ2v) is 6.54. The summed E-state index contributed by atoms with van der Waals surface area (Å²) in [7, 11) is 0. The predicted molar refractivity (Wildman–Crippen MR) is 86.3 cm³/mol. The number of hydrogen-bond donors (Lipinski definition) is 2. The largest absolute Gasteiger partial charge is 0.481 e. The normalized spacial score (nSPS) is 11.4. The van der Waals surface area contributed by atoms with Crippen molar-refractivity contribution in [3.05, 3.63) is 40.9 Å². The molecule has 2 N–H and O–H groups in total. The van der Waals surface area contributed by atoms with E-state index in [4.69, 9.17) is 5.11 Å². The lowest BCUT2D eigenvalue weighted by Gasteiger charge is -2.18. The number of aliphatic carboxylic acids is 1. The van der Waals surface area contributed by atoms with Crippen LogP contribution in [0.25, 0.3) is 10.8 Å². The average molecular weight is 350 g/mol. The number of nitrogens with one attached hydrogen (secondary N) is 1. The minimum atomic E-state index is -1.08. The van der Waals surface area contributed by atoms with E-state index in [0.717, 1.165) is 15.2 Å². The highest BCUT2D eigenvalue weighted by molar-refractivity contribution is 9.10. The monoisotopic (exact) mass is 349 g/mol. The first kappa shape index (κ1) is 15.5. The van der Waals surface area contributed by atoms with Gasteiger partial charge >= 0.3 is 5.97 Å². The molecule has 4 nitrogen and oxygen atoms in total. The maximum absolute atomic E-state index is 11.9. The van der Waals surface area contributed by atoms with Gasteiger partial charge in [0.2, 0.25) is 5.91 Å². The highest BCUT2D eigenvalue weighted by Gasteiger charge is 2.30. The van der Waals surface area contributed by atoms with Gasteiger partial charge in [0.05, 0.1) is 5.41 Å². The van der Waals surface area contributed by atoms with Gasteiger partial charge in [0.15, 0.2) is 0 Å². The molecule has 0 fully saturated rings. The maximum Gasteiger partial charge on any atom is 0.309 e. The Hall–Kier alpha value is -1.88. The Balaban J connectivity index is 2.15. The Bertz CT molecular complexity index is 710. The molecule has 0 saturated carbocycles. The number of carbonyl (C=O) groups excluding carboxylic acids is 1. The number of halogens is 1. The van der Waals surface area contributed by atoms with Crippen LogP contribution in [0.2, 0.25) is 0 Å². The van der Waals surface area contributed by atoms with E-state index in [1.54, 1.807) is 6.07 Å². The molecule has 1 amide bonds. The zero-order valence-electron chi connectivity index (χ0n) is 11.8. The molecule has 2 rings (SSSR count). The molecule has 0 aliphatic heterocycles. The number of amides is 1. The first-order valence-electron chi connectivity index (χ1n) is 6.50. The summed E-state index contributed by atoms with van der Waals surface area (Å²) in [6.07, 6.45) is -0.0687. The van der Waals surface area contributed by atoms with Crippen LogP contribution in [0.3, 0.4) is 0 Å². The summed E-state index contributed by atoms with van der Waals surface area (Å²) in [5, 5.41) is 13.9. The topological polar surface area (TPSA) is 66.4 Å². The maximum atomic E-state index is 11.9. The highest BCUT2D eigenvalue weighted by Crippen LogP contribution is 2.25. The molecule has 0 aliphatic rings. The predicted octanol–water partition coefficient (Wildman–Crippen LogP) is 4.04. The standard InChI is InChI=1S/C16H16BrNO3/c1-16(2,15(20)21)9-14(19)18-13-6-4-10-7-12(17)5-3-11(10)8-13/h3-8H,9H2,1-2H3,(H,18,19)(H,20,21). The van der Waals surface area contributed by atoms with Crippen LogP contribution in [0.1, 0.15) is 20.3 Å². The summed E-state index contributed by atoms with van der Waals surface area (Å²) in [4.78, 5) is 23.0. The van der Waals surface area contributed by atoms with Crippen LogP contribution in [0.4, 0.5) is 5.69 Å². The number of fused-ring (bicyclic) bond motifs is 1. The summed E-state index contributed by atoms with van der Waals surface area (Å²) in [5.41, 5.74) is -0.415. The van der Waals surface area contributed by atoms with Crippen molar-refractivity contribution in [2.45, 2.75) is 20.3 Å². The van der Waals surface area contributed by atoms with Gasteiger partial charge in [0.1, 0.15) is 0 Å². The van der Waals surface area contributed by atoms with Crippen molar-refractivity contribution in [3.63, 3.8) is 0 Å². The van der Waals surface area contributed by atoms with Crippen molar-refractivity contribution < 1.29 is 14.7 Å². The van der Waals surface area contributed by atoms with Gasteiger partial charge in [-0.25, -0.2) is 0 Å². The van der Waals surface area contributed by atoms with Crippen LogP contribution in [0.5, 0.6) is 0 Å². The van der Waals surface area contributed by atoms with Crippen molar-refractivity contribution in [2.75, 3.05) is 5.32 Å². The molecule has 2 aromatic carbocycles. The van der Waals surface area contributed by atoms with E-state index in [-0.39, 0.29) is 12.3 Å². The molecule has 2 aromatic rings. The Labute approximate surface area is 131 Å². The number of rotatable bonds is 4. The van der Waals surface area contributed by atoms with Crippen LogP contribution in [0.15, 0.2) is 40.9 Å². The Morgan fingerprint density at radius 2 is 1.76 bits per heavy atom. The third-order valence-corrected chi connectivity index (χ3v) is 3.76. The molecule has 0 heterocycles. The van der Waals surface area contributed by atoms with E-state index >= 15 is 0 Å². The number of carboxylic acid groups (broad SMARTS) is 1. The molecule has 5 heteroatoms. The van der Waals surface area contributed by atoms with E-state index < -0.39 is 11.4 Å². The second kappa shape index (κ2) is 5.85. The lowest BCUT2D eigenvalue weighted by atomic mass is 9.89. The van der Waals surface area contributed by atoms with Crippen molar-refractivity contribution in [1.82, 2.24) is 0 Å². The molecular weight excluding hydrogens is 334 g/mol. The lowest BCUT2D eigenvalue weighted by molar-refractivity contribution is -0.148. The van der Waals surface area contributed by atoms with Crippen molar-refractivity contribution in [3.8, 4) is 0 Å². The molecule has 0 aromatic heterocycles. The summed E-state index contributed by atoms with van der Waals surface area (Å²) in [6, 6.07) is 11.5. The third-order valence-electron chi connectivity index (χ3n) is 3.27. The summed E-state index contributed by atoms with van der Waals surface area (Å²) in [6.45, 7) is 3.07. The minimum absolute atomic E-state index is 0.0687. The zero-order valence-corrected chi connectivity index (χ0v) is 13.4. The van der Waals surface area contributed by atoms with Gasteiger partial charge < -0.3 is 10.4 Å². The zero-order chi connectivity index (χ0) is 15.6. The molecular formula is C16H16BrNO3. The Morgan fingerprint density at radius 3 is 2.43 bits per heavy atom. The lowest BCUT2D eigenvalue weighted by Crippen LogP contribution is -2.29. The van der Waals surface area contributed by atoms with Crippen LogP contribution in [-0.4, -0.2) is 17.0 Å². The highest BCUT2D eigenvalue weighted by atomic mass is 79.9. The van der Waals surface area contributed by atoms with Gasteiger partial charge in [-0.3, -0.25) is 9.59 Å². The number of hydrogen-bond acceptors (Lipinski definition) is 2. The number of benzene rings is 2. The van der Waals surface area contributed by atoms with E-state index in [1.165, 1.54) is 13.8 Å². The second-order valence-electron chi connectivity index (χ2n) is 5.62. The molecule has 0 bridgehead atoms. The van der Waals surface area contributed by atoms with Gasteiger partial charge in [-0.05, 0) is 48.9 Å². The van der Waals surface area contributed by atoms with Crippen molar-refractivity contribution in [2.24, 2.45) is 5.41 Å². The van der Waals surface area contributed by atoms with Crippen molar-refractivity contribution >= 4 is 44.3 Å². The fraction of sp³-hybridized carbons (Fsp3) is 0.250. The van der Waals surface area contributed by atoms with Gasteiger partial charge in [-0.2, -0.15) is 0 Å². The fourth-order valence-electron chi connectivity index (χ4n) is 1.98. The van der Waals surface area contributed by atoms with Gasteiger partial charge in [-0.1, -0.05) is 28.1 Å². The van der Waals surface area contributed by atoms with Crippen LogP contribution < -0.4 is 5.32 Å². The molecule has 21 heavy (non-hydrogen) atoms. The third kappa shape index (κ3) is 3.82. The Kier molecular flexibility index (Phi) is 4.32. The first-order valence-corrected chi connectivity index (χ1v) is 7.30. The van der Waals surface area contributed by atoms with E-state index in [1.807, 2.05) is 30.3 Å². The number of anilines is 1. The van der Waals surface area contributed by atoms with Crippen LogP contribution in [-0.2, 0) is 9.59 Å². The van der Waals surface area contributed by atoms with Gasteiger partial charge in [0, 0.05) is 16.6 Å². The molecule has 0 saturated heterocycles. The molecule has 0 atom stereocenters. The van der Waals surface area contributed by atoms with E-state index in [2.05, 4.69) is 21.2 Å². The quantitative estimate of drug-likeness (QED) is 0.875. The molecule has 110 valence electrons. The van der Waals surface area contributed by atoms with E-state index in [0.29, 0.717) is 5.69 Å². The smallest absolute Gasteiger partial charge is 0.309 e. The number of carbonyl (C=O) groups is 2. The van der Waals surface area contributed by atoms with Gasteiger partial charge in [-0.15, -0.1) is 0 Å². The molecule has 0 aliphatic carbocycles. The SMILES string of the molecule is CC(C)(CC(=O)Nc1ccc2cc(Br)ccc2c1)C(=O)O. The van der Waals surface area contributed by atoms with Crippen LogP contribution >= 0.6 is 15.9 Å². The van der Waals surface area contributed by atoms with Gasteiger partial charge in [0.25, 0.3) is 0 Å². The molecule has 0 spiro atoms. The summed E-state index contributed by atoms with van der Waals surface area (Å²) in [5.74, 6) is -1.29. The Morgan fingerprint density at radius 1 is 1.14 bits per heavy atom. The van der Waals surface area contributed by atoms with Crippen LogP contribution in [0, 0.1) is 5.41 Å². The minimum Gasteiger partial charge on any atom is -0.481 e. The first-order chi connectivity index (χ1) is 9.78. The average Bonchev–Trinajstić information content (AvgIpc) is 2.38. The molecule has 0 radical (unpaired) electrons. The van der Waals surface area contributed by atoms with Crippen molar-refractivity contribution in [1.29, 1.82) is 0 Å². The summed E-state index contributed by atoms with van der Waals surface area (Å²) >= 11 is 3.41. The number of carboxylic acids is 1. The molecule has 0 unspecified atom stereocenters. The fourth-order valence-corrected chi connectivity index (χ4v) is 2.36. The summed E-state index contributed by atoms with van der Waals surface area (Å²) < 4.78 is 0.995. The van der Waals surface area contributed by atoms with E-state index in [9.17, 15) is 9.59 Å².